The Balaban J connectivity index is 2.17. The van der Waals surface area contributed by atoms with Gasteiger partial charge in [0.1, 0.15) is 9.86 Å². The number of fused-ring (bicyclic) bond motifs is 1. The Labute approximate surface area is 188 Å². The summed E-state index contributed by atoms with van der Waals surface area (Å²) in [5, 5.41) is 1.03. The molecule has 0 bridgehead atoms. The van der Waals surface area contributed by atoms with Crippen LogP contribution in [0, 0.1) is 11.8 Å². The summed E-state index contributed by atoms with van der Waals surface area (Å²) in [6, 6.07) is 8.72. The lowest BCUT2D eigenvalue weighted by Crippen LogP contribution is -2.17. The Morgan fingerprint density at radius 3 is 2.13 bits per heavy atom. The van der Waals surface area contributed by atoms with Crippen LogP contribution in [-0.4, -0.2) is 33.9 Å². The third-order valence-corrected chi connectivity index (χ3v) is 5.84. The second kappa shape index (κ2) is 9.57. The van der Waals surface area contributed by atoms with Crippen molar-refractivity contribution < 1.29 is 23.9 Å². The zero-order valence-electron chi connectivity index (χ0n) is 17.8. The first-order valence-electron chi connectivity index (χ1n) is 9.64. The summed E-state index contributed by atoms with van der Waals surface area (Å²) in [7, 11) is 0. The maximum atomic E-state index is 12.9. The molecule has 7 nitrogen and oxygen atoms in total. The van der Waals surface area contributed by atoms with Crippen molar-refractivity contribution >= 4 is 51.0 Å². The molecule has 0 aliphatic heterocycles. The third kappa shape index (κ3) is 4.94. The summed E-state index contributed by atoms with van der Waals surface area (Å²) in [6.07, 6.45) is 1.80. The Morgan fingerprint density at radius 1 is 0.935 bits per heavy atom. The van der Waals surface area contributed by atoms with Crippen molar-refractivity contribution in [3.63, 3.8) is 0 Å². The fourth-order valence-corrected chi connectivity index (χ4v) is 4.08. The Morgan fingerprint density at radius 2 is 1.55 bits per heavy atom. The number of carbonyl (C=O) groups excluding carboxylic acids is 3. The quantitative estimate of drug-likeness (QED) is 0.216. The topological polar surface area (TPSA) is 95.5 Å². The van der Waals surface area contributed by atoms with Gasteiger partial charge in [-0.2, -0.15) is 0 Å². The van der Waals surface area contributed by atoms with Crippen LogP contribution in [0.15, 0.2) is 35.4 Å². The minimum Gasteiger partial charge on any atom is -0.421 e. The molecule has 3 rings (SSSR count). The predicted molar refractivity (Wildman–Crippen MR) is 120 cm³/mol. The number of esters is 2. The van der Waals surface area contributed by atoms with Gasteiger partial charge in [-0.05, 0) is 6.26 Å². The Kier molecular flexibility index (Phi) is 7.07. The van der Waals surface area contributed by atoms with Gasteiger partial charge in [0, 0.05) is 5.56 Å². The van der Waals surface area contributed by atoms with Crippen molar-refractivity contribution in [1.82, 2.24) is 9.97 Å². The fraction of sp³-hybridized carbons (Fsp3) is 0.318. The van der Waals surface area contributed by atoms with Gasteiger partial charge in [-0.1, -0.05) is 69.4 Å². The number of hydrogen-bond donors (Lipinski definition) is 0. The highest BCUT2D eigenvalue weighted by Gasteiger charge is 2.28. The van der Waals surface area contributed by atoms with Crippen LogP contribution in [0.2, 0.25) is 0 Å². The Hall–Kier alpha value is -2.78. The zero-order chi connectivity index (χ0) is 22.7. The largest absolute Gasteiger partial charge is 0.421 e. The predicted octanol–water partition coefficient (Wildman–Crippen LogP) is 4.77. The van der Waals surface area contributed by atoms with E-state index in [-0.39, 0.29) is 34.3 Å². The molecule has 0 saturated heterocycles. The summed E-state index contributed by atoms with van der Waals surface area (Å²) in [4.78, 5) is 46.7. The van der Waals surface area contributed by atoms with Crippen LogP contribution >= 0.6 is 23.1 Å². The molecule has 0 spiro atoms. The second-order valence-electron chi connectivity index (χ2n) is 7.30. The molecule has 0 fully saturated rings. The molecule has 0 saturated carbocycles. The van der Waals surface area contributed by atoms with Crippen molar-refractivity contribution in [1.29, 1.82) is 0 Å². The van der Waals surface area contributed by atoms with E-state index in [0.717, 1.165) is 11.3 Å². The maximum absolute atomic E-state index is 12.9. The lowest BCUT2D eigenvalue weighted by Gasteiger charge is -2.10. The molecule has 1 aromatic carbocycles. The van der Waals surface area contributed by atoms with Gasteiger partial charge in [0.25, 0.3) is 0 Å². The number of thioether (sulfide) groups is 1. The molecule has 3 aromatic rings. The van der Waals surface area contributed by atoms with Crippen molar-refractivity contribution in [3.05, 3.63) is 41.7 Å². The number of benzene rings is 1. The number of aromatic nitrogens is 2. The first-order valence-corrected chi connectivity index (χ1v) is 11.7. The van der Waals surface area contributed by atoms with Crippen LogP contribution in [0.4, 0.5) is 0 Å². The molecule has 0 atom stereocenters. The van der Waals surface area contributed by atoms with Crippen molar-refractivity contribution in [3.8, 4) is 10.8 Å². The van der Waals surface area contributed by atoms with Gasteiger partial charge in [-0.15, -0.1) is 11.8 Å². The minimum absolute atomic E-state index is 0.0211. The van der Waals surface area contributed by atoms with Gasteiger partial charge in [-0.25, -0.2) is 9.97 Å². The average molecular weight is 459 g/mol. The zero-order valence-corrected chi connectivity index (χ0v) is 19.4. The number of nitrogens with zero attached hydrogens (tertiary/aromatic N) is 2. The van der Waals surface area contributed by atoms with Crippen molar-refractivity contribution in [2.24, 2.45) is 11.8 Å². The van der Waals surface area contributed by atoms with Gasteiger partial charge in [-0.3, -0.25) is 14.4 Å². The second-order valence-corrected chi connectivity index (χ2v) is 9.06. The van der Waals surface area contributed by atoms with Crippen LogP contribution in [0.5, 0.6) is 10.8 Å². The molecule has 2 aromatic heterocycles. The molecular weight excluding hydrogens is 436 g/mol. The molecular formula is C22H22N2O5S2. The highest BCUT2D eigenvalue weighted by atomic mass is 32.2. The van der Waals surface area contributed by atoms with Crippen LogP contribution in [0.1, 0.15) is 43.9 Å². The lowest BCUT2D eigenvalue weighted by molar-refractivity contribution is -0.140. The number of ketones is 1. The van der Waals surface area contributed by atoms with E-state index >= 15 is 0 Å². The van der Waals surface area contributed by atoms with Gasteiger partial charge in [0.2, 0.25) is 16.7 Å². The van der Waals surface area contributed by atoms with Crippen LogP contribution in [0.25, 0.3) is 10.2 Å². The number of hydrogen-bond acceptors (Lipinski definition) is 9. The van der Waals surface area contributed by atoms with E-state index in [1.807, 2.05) is 6.07 Å². The van der Waals surface area contributed by atoms with Crippen molar-refractivity contribution in [2.75, 3.05) is 6.26 Å². The third-order valence-electron chi connectivity index (χ3n) is 4.22. The molecule has 2 heterocycles. The van der Waals surface area contributed by atoms with E-state index < -0.39 is 11.9 Å². The maximum Gasteiger partial charge on any atom is 0.314 e. The van der Waals surface area contributed by atoms with Crippen LogP contribution in [0.3, 0.4) is 0 Å². The smallest absolute Gasteiger partial charge is 0.314 e. The molecule has 162 valence electrons. The van der Waals surface area contributed by atoms with E-state index in [2.05, 4.69) is 9.97 Å². The summed E-state index contributed by atoms with van der Waals surface area (Å²) in [5.41, 5.74) is 0.461. The number of ether oxygens (including phenoxy) is 2. The monoisotopic (exact) mass is 458 g/mol. The fourth-order valence-electron chi connectivity index (χ4n) is 2.48. The van der Waals surface area contributed by atoms with Gasteiger partial charge >= 0.3 is 11.9 Å². The van der Waals surface area contributed by atoms with Gasteiger partial charge < -0.3 is 9.47 Å². The standard InChI is InChI=1S/C22H22N2O5S2/c1-11(2)20(26)28-16-14-18(30-5)23-17(15(25)13-9-7-6-8-10-13)24-19(14)31-22(16)29-21(27)12(3)4/h6-12H,1-5H3. The number of thiophene rings is 1. The molecule has 0 aliphatic carbocycles. The molecule has 31 heavy (non-hydrogen) atoms. The van der Waals surface area contributed by atoms with Crippen LogP contribution in [-0.2, 0) is 9.59 Å². The first-order chi connectivity index (χ1) is 14.7. The summed E-state index contributed by atoms with van der Waals surface area (Å²) in [5.74, 6) is -1.90. The van der Waals surface area contributed by atoms with E-state index in [9.17, 15) is 14.4 Å². The Bertz CT molecular complexity index is 1140. The summed E-state index contributed by atoms with van der Waals surface area (Å²) >= 11 is 2.33. The summed E-state index contributed by atoms with van der Waals surface area (Å²) in [6.45, 7) is 6.83. The minimum atomic E-state index is -0.474. The molecule has 0 amide bonds. The van der Waals surface area contributed by atoms with Crippen molar-refractivity contribution in [2.45, 2.75) is 32.7 Å². The SMILES string of the molecule is CSc1nc(C(=O)c2ccccc2)nc2sc(OC(=O)C(C)C)c(OC(=O)C(C)C)c12. The highest BCUT2D eigenvalue weighted by molar-refractivity contribution is 7.98. The molecule has 0 N–H and O–H groups in total. The van der Waals surface area contributed by atoms with E-state index in [4.69, 9.17) is 9.47 Å². The van der Waals surface area contributed by atoms with Gasteiger partial charge in [0.15, 0.2) is 5.75 Å². The average Bonchev–Trinajstić information content (AvgIpc) is 3.09. The first kappa shape index (κ1) is 22.9. The molecule has 9 heteroatoms. The van der Waals surface area contributed by atoms with E-state index in [0.29, 0.717) is 20.8 Å². The number of carbonyl (C=O) groups is 3. The van der Waals surface area contributed by atoms with E-state index in [1.165, 1.54) is 11.8 Å². The lowest BCUT2D eigenvalue weighted by atomic mass is 10.1. The number of rotatable bonds is 7. The van der Waals surface area contributed by atoms with E-state index in [1.54, 1.807) is 58.2 Å². The molecule has 0 aliphatic rings. The highest BCUT2D eigenvalue weighted by Crippen LogP contribution is 2.47. The molecule has 0 radical (unpaired) electrons. The molecule has 0 unspecified atom stereocenters. The van der Waals surface area contributed by atoms with Gasteiger partial charge in [0.05, 0.1) is 17.2 Å². The van der Waals surface area contributed by atoms with Crippen LogP contribution < -0.4 is 9.47 Å². The summed E-state index contributed by atoms with van der Waals surface area (Å²) < 4.78 is 11.1. The normalized spacial score (nSPS) is 11.2.